The maximum Gasteiger partial charge on any atom is 0.293 e. The molecule has 0 aliphatic carbocycles. The fourth-order valence-corrected chi connectivity index (χ4v) is 3.68. The second-order valence-electron chi connectivity index (χ2n) is 5.86. The van der Waals surface area contributed by atoms with Crippen LogP contribution in [0.4, 0.5) is 9.18 Å². The fraction of sp³-hybridized carbons (Fsp3) is 0.150. The Hall–Kier alpha value is -3.02. The van der Waals surface area contributed by atoms with E-state index in [9.17, 15) is 14.0 Å². The molecule has 6 nitrogen and oxygen atoms in total. The minimum Gasteiger partial charge on any atom is -0.493 e. The molecule has 0 unspecified atom stereocenters. The van der Waals surface area contributed by atoms with Gasteiger partial charge in [0.25, 0.3) is 11.1 Å². The Morgan fingerprint density at radius 2 is 2.03 bits per heavy atom. The van der Waals surface area contributed by atoms with Crippen molar-refractivity contribution < 1.29 is 23.5 Å². The molecule has 2 aromatic rings. The van der Waals surface area contributed by atoms with E-state index >= 15 is 0 Å². The molecule has 1 saturated heterocycles. The number of nitriles is 1. The highest BCUT2D eigenvalue weighted by atomic mass is 35.5. The number of nitrogens with zero attached hydrogens (tertiary/aromatic N) is 2. The summed E-state index contributed by atoms with van der Waals surface area (Å²) in [6.45, 7) is -0.175. The molecule has 1 heterocycles. The lowest BCUT2D eigenvalue weighted by molar-refractivity contribution is -0.123. The summed E-state index contributed by atoms with van der Waals surface area (Å²) in [5.74, 6) is -0.176. The van der Waals surface area contributed by atoms with Crippen molar-refractivity contribution in [1.82, 2.24) is 4.90 Å². The first-order valence-electron chi connectivity index (χ1n) is 8.30. The van der Waals surface area contributed by atoms with E-state index in [1.165, 1.54) is 19.2 Å². The Balaban J connectivity index is 1.81. The normalized spacial score (nSPS) is 15.0. The van der Waals surface area contributed by atoms with Crippen LogP contribution >= 0.6 is 23.4 Å². The summed E-state index contributed by atoms with van der Waals surface area (Å²) in [4.78, 5) is 26.3. The number of carbonyl (C=O) groups excluding carboxylic acids is 2. The van der Waals surface area contributed by atoms with Gasteiger partial charge < -0.3 is 9.47 Å². The summed E-state index contributed by atoms with van der Waals surface area (Å²) in [5, 5.41) is 8.32. The number of hydrogen-bond acceptors (Lipinski definition) is 6. The first-order chi connectivity index (χ1) is 13.9. The van der Waals surface area contributed by atoms with Crippen molar-refractivity contribution >= 4 is 40.6 Å². The fourth-order valence-electron chi connectivity index (χ4n) is 2.61. The van der Waals surface area contributed by atoms with Crippen LogP contribution in [0.5, 0.6) is 11.5 Å². The highest BCUT2D eigenvalue weighted by Gasteiger charge is 2.35. The summed E-state index contributed by atoms with van der Waals surface area (Å²) in [6, 6.07) is 10.6. The predicted octanol–water partition coefficient (Wildman–Crippen LogP) is 4.63. The third-order valence-electron chi connectivity index (χ3n) is 3.99. The number of halogens is 2. The number of amides is 2. The van der Waals surface area contributed by atoms with Crippen molar-refractivity contribution in [1.29, 1.82) is 5.26 Å². The number of methoxy groups -OCH3 is 1. The average Bonchev–Trinajstić information content (AvgIpc) is 2.96. The van der Waals surface area contributed by atoms with Gasteiger partial charge in [0.1, 0.15) is 11.9 Å². The molecule has 2 amide bonds. The molecule has 1 aliphatic heterocycles. The van der Waals surface area contributed by atoms with Gasteiger partial charge in [0, 0.05) is 5.02 Å². The van der Waals surface area contributed by atoms with Crippen LogP contribution in [-0.2, 0) is 11.3 Å². The Labute approximate surface area is 175 Å². The van der Waals surface area contributed by atoms with Crippen LogP contribution in [0.25, 0.3) is 6.08 Å². The molecule has 0 radical (unpaired) electrons. The predicted molar refractivity (Wildman–Crippen MR) is 107 cm³/mol. The van der Waals surface area contributed by atoms with Gasteiger partial charge in [-0.15, -0.1) is 0 Å². The van der Waals surface area contributed by atoms with Crippen LogP contribution in [0.1, 0.15) is 11.1 Å². The number of imide groups is 1. The lowest BCUT2D eigenvalue weighted by Gasteiger charge is -2.13. The summed E-state index contributed by atoms with van der Waals surface area (Å²) in [5.41, 5.74) is 1.09. The smallest absolute Gasteiger partial charge is 0.293 e. The van der Waals surface area contributed by atoms with Crippen LogP contribution in [0.3, 0.4) is 0 Å². The van der Waals surface area contributed by atoms with E-state index in [4.69, 9.17) is 26.3 Å². The van der Waals surface area contributed by atoms with Gasteiger partial charge in [-0.25, -0.2) is 4.39 Å². The number of benzene rings is 2. The summed E-state index contributed by atoms with van der Waals surface area (Å²) in [6.07, 6.45) is 1.56. The molecule has 2 aromatic carbocycles. The Morgan fingerprint density at radius 1 is 1.24 bits per heavy atom. The second-order valence-corrected chi connectivity index (χ2v) is 7.26. The molecule has 0 saturated carbocycles. The van der Waals surface area contributed by atoms with Gasteiger partial charge in [-0.3, -0.25) is 14.5 Å². The van der Waals surface area contributed by atoms with Crippen LogP contribution < -0.4 is 9.47 Å². The van der Waals surface area contributed by atoms with Crippen molar-refractivity contribution in [2.45, 2.75) is 6.54 Å². The zero-order chi connectivity index (χ0) is 21.0. The largest absolute Gasteiger partial charge is 0.493 e. The first-order valence-corrected chi connectivity index (χ1v) is 9.49. The molecule has 0 spiro atoms. The molecule has 1 aliphatic rings. The number of ether oxygens (including phenoxy) is 2. The highest BCUT2D eigenvalue weighted by molar-refractivity contribution is 8.18. The van der Waals surface area contributed by atoms with Gasteiger partial charge in [-0.2, -0.15) is 5.26 Å². The molecule has 0 aromatic heterocycles. The first kappa shape index (κ1) is 20.7. The highest BCUT2D eigenvalue weighted by Crippen LogP contribution is 2.36. The summed E-state index contributed by atoms with van der Waals surface area (Å²) in [7, 11) is 1.46. The quantitative estimate of drug-likeness (QED) is 0.619. The van der Waals surface area contributed by atoms with E-state index in [0.717, 1.165) is 22.7 Å². The van der Waals surface area contributed by atoms with Crippen molar-refractivity contribution in [2.24, 2.45) is 0 Å². The zero-order valence-electron chi connectivity index (χ0n) is 15.1. The second kappa shape index (κ2) is 8.99. The van der Waals surface area contributed by atoms with Gasteiger partial charge >= 0.3 is 0 Å². The minimum absolute atomic E-state index is 0.0502. The van der Waals surface area contributed by atoms with Crippen LogP contribution in [0.15, 0.2) is 41.3 Å². The molecular weight excluding hydrogens is 419 g/mol. The SMILES string of the molecule is COc1cc(/C=C2\SC(=O)N(Cc3ccc(F)cc3Cl)C2=O)ccc1OCC#N. The molecule has 29 heavy (non-hydrogen) atoms. The van der Waals surface area contributed by atoms with Gasteiger partial charge in [-0.05, 0) is 53.2 Å². The van der Waals surface area contributed by atoms with Gasteiger partial charge in [0.05, 0.1) is 18.6 Å². The Kier molecular flexibility index (Phi) is 6.42. The van der Waals surface area contributed by atoms with E-state index in [1.807, 2.05) is 6.07 Å². The van der Waals surface area contributed by atoms with Crippen LogP contribution in [0, 0.1) is 17.1 Å². The van der Waals surface area contributed by atoms with Crippen LogP contribution in [0.2, 0.25) is 5.02 Å². The lowest BCUT2D eigenvalue weighted by Crippen LogP contribution is -2.27. The van der Waals surface area contributed by atoms with E-state index in [0.29, 0.717) is 22.6 Å². The standard InChI is InChI=1S/C20H14ClFN2O4S/c1-27-17-8-12(2-5-16(17)28-7-6-23)9-18-19(25)24(20(26)29-18)11-13-3-4-14(22)10-15(13)21/h2-5,8-10H,7,11H2,1H3/b18-9-. The van der Waals surface area contributed by atoms with Crippen molar-refractivity contribution in [3.63, 3.8) is 0 Å². The Bertz CT molecular complexity index is 1050. The van der Waals surface area contributed by atoms with Crippen molar-refractivity contribution in [2.75, 3.05) is 13.7 Å². The summed E-state index contributed by atoms with van der Waals surface area (Å²) >= 11 is 6.80. The van der Waals surface area contributed by atoms with E-state index in [1.54, 1.807) is 24.3 Å². The van der Waals surface area contributed by atoms with Crippen molar-refractivity contribution in [3.05, 3.63) is 63.3 Å². The maximum absolute atomic E-state index is 13.2. The number of rotatable bonds is 6. The minimum atomic E-state index is -0.496. The molecular formula is C20H14ClFN2O4S. The van der Waals surface area contributed by atoms with Gasteiger partial charge in [-0.1, -0.05) is 23.7 Å². The van der Waals surface area contributed by atoms with E-state index < -0.39 is 17.0 Å². The van der Waals surface area contributed by atoms with Crippen molar-refractivity contribution in [3.8, 4) is 17.6 Å². The molecule has 1 fully saturated rings. The molecule has 0 atom stereocenters. The van der Waals surface area contributed by atoms with Gasteiger partial charge in [0.15, 0.2) is 18.1 Å². The third kappa shape index (κ3) is 4.70. The van der Waals surface area contributed by atoms with E-state index in [-0.39, 0.29) is 23.1 Å². The molecule has 0 bridgehead atoms. The number of hydrogen-bond donors (Lipinski definition) is 0. The Morgan fingerprint density at radius 3 is 2.72 bits per heavy atom. The topological polar surface area (TPSA) is 79.6 Å². The number of carbonyl (C=O) groups is 2. The zero-order valence-corrected chi connectivity index (χ0v) is 16.7. The monoisotopic (exact) mass is 432 g/mol. The molecule has 3 rings (SSSR count). The average molecular weight is 433 g/mol. The summed E-state index contributed by atoms with van der Waals surface area (Å²) < 4.78 is 23.7. The maximum atomic E-state index is 13.2. The molecule has 0 N–H and O–H groups in total. The van der Waals surface area contributed by atoms with Gasteiger partial charge in [0.2, 0.25) is 0 Å². The lowest BCUT2D eigenvalue weighted by atomic mass is 10.1. The van der Waals surface area contributed by atoms with E-state index in [2.05, 4.69) is 0 Å². The molecule has 9 heteroatoms. The number of thioether (sulfide) groups is 1. The molecule has 148 valence electrons. The third-order valence-corrected chi connectivity index (χ3v) is 5.25. The van der Waals surface area contributed by atoms with Crippen LogP contribution in [-0.4, -0.2) is 29.8 Å².